The molecule has 2 fully saturated rings. The zero-order valence-corrected chi connectivity index (χ0v) is 16.2. The quantitative estimate of drug-likeness (QED) is 0.398. The minimum absolute atomic E-state index is 0. The predicted molar refractivity (Wildman–Crippen MR) is 97.6 cm³/mol. The van der Waals surface area contributed by atoms with Crippen LogP contribution in [0.1, 0.15) is 39.5 Å². The van der Waals surface area contributed by atoms with Crippen LogP contribution < -0.4 is 11.1 Å². The second-order valence-electron chi connectivity index (χ2n) is 6.37. The zero-order valence-electron chi connectivity index (χ0n) is 13.8. The van der Waals surface area contributed by atoms with Gasteiger partial charge in [-0.05, 0) is 25.7 Å². The molecule has 6 nitrogen and oxygen atoms in total. The number of nitrogens with one attached hydrogen (secondary N) is 1. The van der Waals surface area contributed by atoms with Crippen molar-refractivity contribution < 1.29 is 14.2 Å². The molecule has 1 spiro atoms. The molecule has 1 aliphatic heterocycles. The largest absolute Gasteiger partial charge is 0.383 e. The fourth-order valence-corrected chi connectivity index (χ4v) is 2.96. The van der Waals surface area contributed by atoms with Crippen molar-refractivity contribution >= 4 is 29.9 Å². The van der Waals surface area contributed by atoms with Crippen molar-refractivity contribution in [2.45, 2.75) is 57.5 Å². The Labute approximate surface area is 150 Å². The third-order valence-corrected chi connectivity index (χ3v) is 4.23. The second kappa shape index (κ2) is 9.24. The van der Waals surface area contributed by atoms with Crippen LogP contribution in [0.15, 0.2) is 4.99 Å². The van der Waals surface area contributed by atoms with Crippen LogP contribution in [-0.4, -0.2) is 50.8 Å². The number of ether oxygens (including phenoxy) is 3. The Morgan fingerprint density at radius 2 is 2.14 bits per heavy atom. The molecule has 1 aliphatic carbocycles. The normalized spacial score (nSPS) is 33.5. The summed E-state index contributed by atoms with van der Waals surface area (Å²) in [7, 11) is 1.67. The summed E-state index contributed by atoms with van der Waals surface area (Å²) in [5.41, 5.74) is 5.86. The lowest BCUT2D eigenvalue weighted by atomic mass is 9.86. The molecule has 0 aromatic rings. The summed E-state index contributed by atoms with van der Waals surface area (Å²) in [5.74, 6) is 0.862. The maximum atomic E-state index is 6.10. The smallest absolute Gasteiger partial charge is 0.188 e. The van der Waals surface area contributed by atoms with E-state index in [1.807, 2.05) is 6.92 Å². The first-order valence-corrected chi connectivity index (χ1v) is 7.90. The van der Waals surface area contributed by atoms with Crippen molar-refractivity contribution in [1.82, 2.24) is 5.32 Å². The number of nitrogens with two attached hydrogens (primary N) is 1. The molecule has 0 radical (unpaired) electrons. The molecule has 2 aliphatic rings. The summed E-state index contributed by atoms with van der Waals surface area (Å²) in [6, 6.07) is 0.144. The molecule has 130 valence electrons. The molecule has 0 bridgehead atoms. The number of hydrogen-bond acceptors (Lipinski definition) is 4. The van der Waals surface area contributed by atoms with Crippen molar-refractivity contribution in [2.75, 3.05) is 26.9 Å². The fraction of sp³-hybridized carbons (Fsp3) is 0.933. The highest BCUT2D eigenvalue weighted by atomic mass is 127. The monoisotopic (exact) mass is 427 g/mol. The van der Waals surface area contributed by atoms with Gasteiger partial charge in [0, 0.05) is 26.0 Å². The standard InChI is InChI=1S/C15H29N3O3.HI/c1-11-4-6-15(7-5-11)20-10-13(21-15)8-17-14(16)18-12(2)9-19-3;/h11-13H,4-10H2,1-3H3,(H3,16,17,18);1H. The number of aliphatic imine (C=N–C) groups is 1. The average Bonchev–Trinajstić information content (AvgIpc) is 2.84. The Balaban J connectivity index is 0.00000242. The molecule has 2 atom stereocenters. The van der Waals surface area contributed by atoms with E-state index in [4.69, 9.17) is 19.9 Å². The topological polar surface area (TPSA) is 78.1 Å². The lowest BCUT2D eigenvalue weighted by molar-refractivity contribution is -0.190. The predicted octanol–water partition coefficient (Wildman–Crippen LogP) is 1.87. The summed E-state index contributed by atoms with van der Waals surface area (Å²) < 4.78 is 17.1. The number of hydrogen-bond donors (Lipinski definition) is 2. The van der Waals surface area contributed by atoms with Crippen molar-refractivity contribution in [1.29, 1.82) is 0 Å². The van der Waals surface area contributed by atoms with Crippen LogP contribution in [0.5, 0.6) is 0 Å². The third kappa shape index (κ3) is 5.82. The summed E-state index contributed by atoms with van der Waals surface area (Å²) in [5, 5.41) is 3.09. The van der Waals surface area contributed by atoms with Gasteiger partial charge >= 0.3 is 0 Å². The molecular formula is C15H30IN3O3. The number of halogens is 1. The van der Waals surface area contributed by atoms with Crippen LogP contribution in [0.4, 0.5) is 0 Å². The van der Waals surface area contributed by atoms with Gasteiger partial charge in [0.15, 0.2) is 11.7 Å². The van der Waals surface area contributed by atoms with E-state index in [0.29, 0.717) is 25.7 Å². The Hall–Kier alpha value is -0.120. The van der Waals surface area contributed by atoms with Gasteiger partial charge in [-0.25, -0.2) is 0 Å². The number of guanidine groups is 1. The maximum Gasteiger partial charge on any atom is 0.188 e. The van der Waals surface area contributed by atoms with Gasteiger partial charge in [0.25, 0.3) is 0 Å². The Morgan fingerprint density at radius 3 is 2.77 bits per heavy atom. The third-order valence-electron chi connectivity index (χ3n) is 4.23. The van der Waals surface area contributed by atoms with Crippen LogP contribution in [0.3, 0.4) is 0 Å². The lowest BCUT2D eigenvalue weighted by Crippen LogP contribution is -2.41. The van der Waals surface area contributed by atoms with Crippen LogP contribution in [0.2, 0.25) is 0 Å². The average molecular weight is 427 g/mol. The van der Waals surface area contributed by atoms with Gasteiger partial charge in [0.1, 0.15) is 6.10 Å². The van der Waals surface area contributed by atoms with E-state index < -0.39 is 0 Å². The molecule has 0 aromatic heterocycles. The summed E-state index contributed by atoms with van der Waals surface area (Å²) in [6.45, 7) is 6.03. The summed E-state index contributed by atoms with van der Waals surface area (Å²) in [6.07, 6.45) is 4.35. The van der Waals surface area contributed by atoms with Gasteiger partial charge in [-0.2, -0.15) is 0 Å². The van der Waals surface area contributed by atoms with Crippen LogP contribution in [-0.2, 0) is 14.2 Å². The van der Waals surface area contributed by atoms with Gasteiger partial charge in [-0.1, -0.05) is 6.92 Å². The molecule has 0 amide bonds. The van der Waals surface area contributed by atoms with Gasteiger partial charge in [0.05, 0.1) is 19.8 Å². The lowest BCUT2D eigenvalue weighted by Gasteiger charge is -2.34. The molecular weight excluding hydrogens is 397 g/mol. The fourth-order valence-electron chi connectivity index (χ4n) is 2.96. The van der Waals surface area contributed by atoms with Gasteiger partial charge < -0.3 is 25.3 Å². The number of nitrogens with zero attached hydrogens (tertiary/aromatic N) is 1. The highest BCUT2D eigenvalue weighted by Gasteiger charge is 2.43. The van der Waals surface area contributed by atoms with Gasteiger partial charge in [0.2, 0.25) is 0 Å². The molecule has 22 heavy (non-hydrogen) atoms. The Bertz CT molecular complexity index is 360. The summed E-state index contributed by atoms with van der Waals surface area (Å²) in [4.78, 5) is 4.34. The SMILES string of the molecule is COCC(C)NC(N)=NCC1COC2(CCC(C)CC2)O1.I. The Kier molecular flexibility index (Phi) is 8.37. The molecule has 3 N–H and O–H groups in total. The first-order valence-electron chi connectivity index (χ1n) is 7.90. The highest BCUT2D eigenvalue weighted by Crippen LogP contribution is 2.39. The van der Waals surface area contributed by atoms with Crippen LogP contribution >= 0.6 is 24.0 Å². The maximum absolute atomic E-state index is 6.10. The Morgan fingerprint density at radius 1 is 1.45 bits per heavy atom. The molecule has 1 saturated heterocycles. The van der Waals surface area contributed by atoms with E-state index in [9.17, 15) is 0 Å². The van der Waals surface area contributed by atoms with E-state index in [2.05, 4.69) is 17.2 Å². The second-order valence-corrected chi connectivity index (χ2v) is 6.37. The van der Waals surface area contributed by atoms with E-state index in [-0.39, 0.29) is 41.9 Å². The van der Waals surface area contributed by atoms with Crippen LogP contribution in [0.25, 0.3) is 0 Å². The molecule has 1 saturated carbocycles. The van der Waals surface area contributed by atoms with E-state index >= 15 is 0 Å². The van der Waals surface area contributed by atoms with E-state index in [1.165, 1.54) is 12.8 Å². The number of methoxy groups -OCH3 is 1. The summed E-state index contributed by atoms with van der Waals surface area (Å²) >= 11 is 0. The van der Waals surface area contributed by atoms with Gasteiger partial charge in [-0.3, -0.25) is 4.99 Å². The van der Waals surface area contributed by atoms with Crippen molar-refractivity contribution in [3.8, 4) is 0 Å². The van der Waals surface area contributed by atoms with E-state index in [0.717, 1.165) is 18.8 Å². The zero-order chi connectivity index (χ0) is 15.3. The van der Waals surface area contributed by atoms with E-state index in [1.54, 1.807) is 7.11 Å². The minimum Gasteiger partial charge on any atom is -0.383 e. The highest BCUT2D eigenvalue weighted by molar-refractivity contribution is 14.0. The first kappa shape index (κ1) is 19.9. The number of rotatable bonds is 5. The molecule has 7 heteroatoms. The van der Waals surface area contributed by atoms with Crippen molar-refractivity contribution in [3.63, 3.8) is 0 Å². The van der Waals surface area contributed by atoms with Crippen LogP contribution in [0, 0.1) is 5.92 Å². The van der Waals surface area contributed by atoms with Crippen molar-refractivity contribution in [2.24, 2.45) is 16.6 Å². The molecule has 0 aromatic carbocycles. The van der Waals surface area contributed by atoms with Crippen molar-refractivity contribution in [3.05, 3.63) is 0 Å². The molecule has 1 heterocycles. The first-order chi connectivity index (χ1) is 10.0. The molecule has 2 rings (SSSR count). The molecule has 2 unspecified atom stereocenters. The minimum atomic E-state index is -0.349. The van der Waals surface area contributed by atoms with Gasteiger partial charge in [-0.15, -0.1) is 24.0 Å².